The van der Waals surface area contributed by atoms with Gasteiger partial charge in [0, 0.05) is 17.5 Å². The summed E-state index contributed by atoms with van der Waals surface area (Å²) in [6.45, 7) is 3.12. The van der Waals surface area contributed by atoms with Crippen LogP contribution in [0.5, 0.6) is 0 Å². The second kappa shape index (κ2) is 10.1. The zero-order valence-corrected chi connectivity index (χ0v) is 21.8. The SMILES string of the molecule is CC(C)(O)C(N)=CC(=Nc1ccc(-c2cccc(S(C)(=O)=O)c2)cc1Cl)c1cccc(Cl)c1Cl. The molecule has 0 saturated heterocycles. The summed E-state index contributed by atoms with van der Waals surface area (Å²) in [4.78, 5) is 4.87. The van der Waals surface area contributed by atoms with Gasteiger partial charge in [0.1, 0.15) is 0 Å². The molecule has 0 unspecified atom stereocenters. The van der Waals surface area contributed by atoms with Gasteiger partial charge in [-0.25, -0.2) is 13.4 Å². The molecule has 0 aromatic heterocycles. The van der Waals surface area contributed by atoms with E-state index >= 15 is 0 Å². The van der Waals surface area contributed by atoms with Crippen LogP contribution in [0, 0.1) is 0 Å². The van der Waals surface area contributed by atoms with E-state index in [1.807, 2.05) is 0 Å². The van der Waals surface area contributed by atoms with E-state index in [-0.39, 0.29) is 15.6 Å². The van der Waals surface area contributed by atoms with Crippen molar-refractivity contribution in [2.45, 2.75) is 24.3 Å². The predicted octanol–water partition coefficient (Wildman–Crippen LogP) is 6.45. The van der Waals surface area contributed by atoms with E-state index in [1.165, 1.54) is 6.08 Å². The van der Waals surface area contributed by atoms with Crippen LogP contribution in [0.1, 0.15) is 19.4 Å². The fourth-order valence-electron chi connectivity index (χ4n) is 3.01. The van der Waals surface area contributed by atoms with E-state index in [0.29, 0.717) is 32.6 Å². The van der Waals surface area contributed by atoms with Crippen molar-refractivity contribution in [1.82, 2.24) is 0 Å². The molecule has 0 aliphatic heterocycles. The number of allylic oxidation sites excluding steroid dienone is 1. The zero-order valence-electron chi connectivity index (χ0n) is 18.7. The van der Waals surface area contributed by atoms with Gasteiger partial charge in [0.05, 0.1) is 37.0 Å². The van der Waals surface area contributed by atoms with Gasteiger partial charge in [-0.1, -0.05) is 65.1 Å². The molecule has 3 aromatic carbocycles. The first kappa shape index (κ1) is 26.3. The summed E-state index contributed by atoms with van der Waals surface area (Å²) in [5.41, 5.74) is 7.70. The lowest BCUT2D eigenvalue weighted by Crippen LogP contribution is -2.28. The molecular weight excluding hydrogens is 515 g/mol. The van der Waals surface area contributed by atoms with E-state index in [2.05, 4.69) is 4.99 Å². The van der Waals surface area contributed by atoms with Crippen molar-refractivity contribution in [2.75, 3.05) is 6.26 Å². The number of sulfone groups is 1. The zero-order chi connectivity index (χ0) is 25.3. The molecule has 178 valence electrons. The lowest BCUT2D eigenvalue weighted by Gasteiger charge is -2.18. The third kappa shape index (κ3) is 6.20. The summed E-state index contributed by atoms with van der Waals surface area (Å²) >= 11 is 19.2. The molecule has 0 saturated carbocycles. The molecule has 3 aromatic rings. The molecule has 3 N–H and O–H groups in total. The largest absolute Gasteiger partial charge is 0.400 e. The average molecular weight is 538 g/mol. The second-order valence-corrected chi connectivity index (χ2v) is 11.4. The Bertz CT molecular complexity index is 1410. The van der Waals surface area contributed by atoms with Crippen molar-refractivity contribution in [3.8, 4) is 11.1 Å². The van der Waals surface area contributed by atoms with Crippen LogP contribution in [0.15, 0.2) is 82.3 Å². The first-order chi connectivity index (χ1) is 15.8. The van der Waals surface area contributed by atoms with Crippen molar-refractivity contribution < 1.29 is 13.5 Å². The quantitative estimate of drug-likeness (QED) is 0.353. The Balaban J connectivity index is 2.13. The summed E-state index contributed by atoms with van der Waals surface area (Å²) in [7, 11) is -3.35. The molecule has 0 radical (unpaired) electrons. The van der Waals surface area contributed by atoms with E-state index in [4.69, 9.17) is 40.5 Å². The van der Waals surface area contributed by atoms with E-state index in [9.17, 15) is 13.5 Å². The Hall–Kier alpha value is -2.35. The Morgan fingerprint density at radius 1 is 0.971 bits per heavy atom. The Morgan fingerprint density at radius 2 is 1.62 bits per heavy atom. The number of nitrogens with zero attached hydrogens (tertiary/aromatic N) is 1. The summed E-state index contributed by atoms with van der Waals surface area (Å²) < 4.78 is 23.8. The van der Waals surface area contributed by atoms with Crippen LogP contribution >= 0.6 is 34.8 Å². The van der Waals surface area contributed by atoms with Crippen LogP contribution in [0.4, 0.5) is 5.69 Å². The van der Waals surface area contributed by atoms with Crippen molar-refractivity contribution in [3.63, 3.8) is 0 Å². The van der Waals surface area contributed by atoms with Crippen molar-refractivity contribution >= 4 is 56.0 Å². The Morgan fingerprint density at radius 3 is 2.24 bits per heavy atom. The molecule has 9 heteroatoms. The van der Waals surface area contributed by atoms with Crippen LogP contribution in [0.25, 0.3) is 11.1 Å². The lowest BCUT2D eigenvalue weighted by molar-refractivity contribution is 0.118. The van der Waals surface area contributed by atoms with E-state index in [1.54, 1.807) is 74.5 Å². The molecule has 5 nitrogen and oxygen atoms in total. The van der Waals surface area contributed by atoms with Gasteiger partial charge in [-0.3, -0.25) is 0 Å². The van der Waals surface area contributed by atoms with Crippen LogP contribution in [-0.2, 0) is 9.84 Å². The molecule has 0 heterocycles. The van der Waals surface area contributed by atoms with Gasteiger partial charge in [0.2, 0.25) is 0 Å². The molecule has 3 rings (SSSR count). The minimum atomic E-state index is -3.35. The van der Waals surface area contributed by atoms with Crippen molar-refractivity contribution in [3.05, 3.63) is 93.1 Å². The number of hydrogen-bond donors (Lipinski definition) is 2. The monoisotopic (exact) mass is 536 g/mol. The fourth-order valence-corrected chi connectivity index (χ4v) is 4.30. The third-order valence-corrected chi connectivity index (χ3v) is 7.24. The van der Waals surface area contributed by atoms with Gasteiger partial charge in [0.15, 0.2) is 9.84 Å². The minimum Gasteiger partial charge on any atom is -0.400 e. The van der Waals surface area contributed by atoms with Gasteiger partial charge in [-0.15, -0.1) is 0 Å². The van der Waals surface area contributed by atoms with Gasteiger partial charge < -0.3 is 10.8 Å². The lowest BCUT2D eigenvalue weighted by atomic mass is 10.0. The second-order valence-electron chi connectivity index (χ2n) is 8.22. The molecule has 34 heavy (non-hydrogen) atoms. The van der Waals surface area contributed by atoms with E-state index < -0.39 is 15.4 Å². The van der Waals surface area contributed by atoms with Crippen molar-refractivity contribution in [1.29, 1.82) is 0 Å². The molecule has 0 aliphatic rings. The normalized spacial score (nSPS) is 13.3. The molecule has 0 bridgehead atoms. The van der Waals surface area contributed by atoms with Gasteiger partial charge in [0.25, 0.3) is 0 Å². The summed E-state index contributed by atoms with van der Waals surface area (Å²) in [5, 5.41) is 11.2. The Kier molecular flexibility index (Phi) is 7.80. The highest BCUT2D eigenvalue weighted by Crippen LogP contribution is 2.34. The smallest absolute Gasteiger partial charge is 0.175 e. The molecule has 0 aliphatic carbocycles. The number of hydrogen-bond acceptors (Lipinski definition) is 5. The van der Waals surface area contributed by atoms with Crippen LogP contribution in [0.2, 0.25) is 15.1 Å². The number of nitrogens with two attached hydrogens (primary N) is 1. The van der Waals surface area contributed by atoms with Gasteiger partial charge in [-0.2, -0.15) is 0 Å². The van der Waals surface area contributed by atoms with Gasteiger partial charge >= 0.3 is 0 Å². The molecular formula is C25H23Cl3N2O3S. The number of halogens is 3. The maximum atomic E-state index is 11.9. The highest BCUT2D eigenvalue weighted by molar-refractivity contribution is 7.90. The summed E-state index contributed by atoms with van der Waals surface area (Å²) in [6, 6.07) is 16.9. The first-order valence-electron chi connectivity index (χ1n) is 10.1. The maximum Gasteiger partial charge on any atom is 0.175 e. The topological polar surface area (TPSA) is 92.8 Å². The number of rotatable bonds is 6. The molecule has 0 spiro atoms. The molecule has 0 atom stereocenters. The fraction of sp³-hybridized carbons (Fsp3) is 0.160. The van der Waals surface area contributed by atoms with Crippen LogP contribution in [0.3, 0.4) is 0 Å². The maximum absolute atomic E-state index is 11.9. The molecule has 0 amide bonds. The summed E-state index contributed by atoms with van der Waals surface area (Å²) in [6.07, 6.45) is 2.68. The first-order valence-corrected chi connectivity index (χ1v) is 13.1. The van der Waals surface area contributed by atoms with Crippen LogP contribution in [-0.4, -0.2) is 31.1 Å². The van der Waals surface area contributed by atoms with E-state index in [0.717, 1.165) is 11.8 Å². The van der Waals surface area contributed by atoms with Crippen molar-refractivity contribution in [2.24, 2.45) is 10.7 Å². The highest BCUT2D eigenvalue weighted by atomic mass is 35.5. The number of benzene rings is 3. The van der Waals surface area contributed by atoms with Gasteiger partial charge in [-0.05, 0) is 61.4 Å². The number of aliphatic imine (C=N–C) groups is 1. The van der Waals surface area contributed by atoms with Crippen LogP contribution < -0.4 is 5.73 Å². The standard InChI is InChI=1S/C25H23Cl3N2O3S/c1-25(2,31)23(29)14-22(18-8-5-9-19(26)24(18)28)30-21-11-10-16(13-20(21)27)15-6-4-7-17(12-15)34(3,32)33/h4-14,31H,29H2,1-3H3. The average Bonchev–Trinajstić information content (AvgIpc) is 2.75. The predicted molar refractivity (Wildman–Crippen MR) is 141 cm³/mol. The highest BCUT2D eigenvalue weighted by Gasteiger charge is 2.19. The number of aliphatic hydroxyl groups is 1. The Labute approximate surface area is 214 Å². The molecule has 0 fully saturated rings. The summed E-state index contributed by atoms with van der Waals surface area (Å²) in [5.74, 6) is 0. The third-order valence-electron chi connectivity index (χ3n) is 5.01. The minimum absolute atomic E-state index is 0.174.